The lowest BCUT2D eigenvalue weighted by atomic mass is 9.99. The van der Waals surface area contributed by atoms with Crippen molar-refractivity contribution in [2.75, 3.05) is 13.9 Å². The number of hydrogen-bond donors (Lipinski definition) is 1. The van der Waals surface area contributed by atoms with E-state index in [2.05, 4.69) is 18.3 Å². The van der Waals surface area contributed by atoms with E-state index in [1.54, 1.807) is 7.11 Å². The van der Waals surface area contributed by atoms with Crippen LogP contribution in [0.3, 0.4) is 0 Å². The smallest absolute Gasteiger partial charge is 0.147 e. The zero-order valence-corrected chi connectivity index (χ0v) is 7.54. The summed E-state index contributed by atoms with van der Waals surface area (Å²) in [7, 11) is 1.65. The van der Waals surface area contributed by atoms with E-state index in [4.69, 9.17) is 9.47 Å². The molecule has 1 N–H and O–H groups in total. The van der Waals surface area contributed by atoms with Crippen molar-refractivity contribution in [1.82, 2.24) is 5.32 Å². The molecule has 0 aromatic carbocycles. The largest absolute Gasteiger partial charge is 0.359 e. The normalized spacial score (nSPS) is 38.8. The van der Waals surface area contributed by atoms with E-state index < -0.39 is 0 Å². The van der Waals surface area contributed by atoms with Gasteiger partial charge in [-0.05, 0) is 13.3 Å². The summed E-state index contributed by atoms with van der Waals surface area (Å²) in [5, 5.41) is 3.39. The van der Waals surface area contributed by atoms with Gasteiger partial charge in [-0.2, -0.15) is 0 Å². The highest BCUT2D eigenvalue weighted by atomic mass is 16.7. The lowest BCUT2D eigenvalue weighted by Crippen LogP contribution is -2.24. The maximum atomic E-state index is 5.50. The lowest BCUT2D eigenvalue weighted by molar-refractivity contribution is -0.0569. The first-order valence-electron chi connectivity index (χ1n) is 4.35. The van der Waals surface area contributed by atoms with E-state index in [0.717, 1.165) is 0 Å². The second-order valence-corrected chi connectivity index (χ2v) is 3.55. The molecule has 2 rings (SSSR count). The number of nitrogens with one attached hydrogen (secondary N) is 1. The fourth-order valence-electron chi connectivity index (χ4n) is 1.80. The van der Waals surface area contributed by atoms with Gasteiger partial charge in [-0.25, -0.2) is 0 Å². The zero-order valence-electron chi connectivity index (χ0n) is 7.54. The molecule has 0 spiro atoms. The van der Waals surface area contributed by atoms with Gasteiger partial charge in [0.1, 0.15) is 6.79 Å². The summed E-state index contributed by atoms with van der Waals surface area (Å²) in [6.07, 6.45) is 3.60. The number of methoxy groups -OCH3 is 1. The maximum Gasteiger partial charge on any atom is 0.147 e. The molecule has 1 saturated heterocycles. The minimum absolute atomic E-state index is 0.226. The molecule has 68 valence electrons. The zero-order chi connectivity index (χ0) is 8.55. The second-order valence-electron chi connectivity index (χ2n) is 3.55. The molecule has 3 atom stereocenters. The van der Waals surface area contributed by atoms with Crippen molar-refractivity contribution in [1.29, 1.82) is 0 Å². The standard InChI is InChI=1S/C9H15NO2/c1-6-3-7-9(10-7)8(4-6)12-5-11-2/h4,7-10H,3,5H2,1-2H3. The van der Waals surface area contributed by atoms with Crippen LogP contribution in [0.25, 0.3) is 0 Å². The molecule has 0 radical (unpaired) electrons. The van der Waals surface area contributed by atoms with Gasteiger partial charge in [0.05, 0.1) is 12.1 Å². The Morgan fingerprint density at radius 3 is 3.25 bits per heavy atom. The Morgan fingerprint density at radius 2 is 2.50 bits per heavy atom. The molecule has 3 heteroatoms. The van der Waals surface area contributed by atoms with Crippen molar-refractivity contribution in [3.63, 3.8) is 0 Å². The topological polar surface area (TPSA) is 40.4 Å². The molecule has 2 aliphatic rings. The van der Waals surface area contributed by atoms with Crippen LogP contribution in [0, 0.1) is 0 Å². The first-order chi connectivity index (χ1) is 5.81. The maximum absolute atomic E-state index is 5.50. The highest BCUT2D eigenvalue weighted by molar-refractivity contribution is 5.22. The van der Waals surface area contributed by atoms with Crippen LogP contribution in [-0.4, -0.2) is 32.1 Å². The van der Waals surface area contributed by atoms with Gasteiger partial charge in [0.2, 0.25) is 0 Å². The lowest BCUT2D eigenvalue weighted by Gasteiger charge is -2.17. The van der Waals surface area contributed by atoms with E-state index in [1.807, 2.05) is 0 Å². The predicted molar refractivity (Wildman–Crippen MR) is 45.8 cm³/mol. The third-order valence-electron chi connectivity index (χ3n) is 2.45. The number of hydrogen-bond acceptors (Lipinski definition) is 3. The first kappa shape index (κ1) is 8.23. The summed E-state index contributed by atoms with van der Waals surface area (Å²) >= 11 is 0. The SMILES string of the molecule is COCOC1C=C(C)CC2NC21. The average Bonchev–Trinajstić information content (AvgIpc) is 2.78. The molecule has 1 aliphatic carbocycles. The molecule has 12 heavy (non-hydrogen) atoms. The van der Waals surface area contributed by atoms with E-state index >= 15 is 0 Å². The molecule has 1 heterocycles. The van der Waals surface area contributed by atoms with Crippen LogP contribution in [0.4, 0.5) is 0 Å². The van der Waals surface area contributed by atoms with Crippen LogP contribution in [0.5, 0.6) is 0 Å². The Bertz CT molecular complexity index is 203. The number of fused-ring (bicyclic) bond motifs is 1. The van der Waals surface area contributed by atoms with Crippen LogP contribution in [0.15, 0.2) is 11.6 Å². The summed E-state index contributed by atoms with van der Waals surface area (Å²) < 4.78 is 10.4. The van der Waals surface area contributed by atoms with E-state index in [1.165, 1.54) is 12.0 Å². The summed E-state index contributed by atoms with van der Waals surface area (Å²) in [5.74, 6) is 0. The highest BCUT2D eigenvalue weighted by Crippen LogP contribution is 2.30. The van der Waals surface area contributed by atoms with Crippen molar-refractivity contribution in [2.24, 2.45) is 0 Å². The third-order valence-corrected chi connectivity index (χ3v) is 2.45. The second kappa shape index (κ2) is 3.17. The molecular weight excluding hydrogens is 154 g/mol. The van der Waals surface area contributed by atoms with Crippen LogP contribution in [0.2, 0.25) is 0 Å². The number of rotatable bonds is 3. The molecule has 3 unspecified atom stereocenters. The van der Waals surface area contributed by atoms with Crippen molar-refractivity contribution in [2.45, 2.75) is 31.5 Å². The van der Waals surface area contributed by atoms with E-state index in [0.29, 0.717) is 18.9 Å². The van der Waals surface area contributed by atoms with Gasteiger partial charge in [0.15, 0.2) is 0 Å². The van der Waals surface area contributed by atoms with Crippen LogP contribution in [0.1, 0.15) is 13.3 Å². The molecule has 1 aliphatic heterocycles. The van der Waals surface area contributed by atoms with Crippen molar-refractivity contribution >= 4 is 0 Å². The van der Waals surface area contributed by atoms with Gasteiger partial charge in [-0.1, -0.05) is 11.6 Å². The van der Waals surface area contributed by atoms with Crippen LogP contribution >= 0.6 is 0 Å². The van der Waals surface area contributed by atoms with E-state index in [9.17, 15) is 0 Å². The molecule has 0 saturated carbocycles. The summed E-state index contributed by atoms with van der Waals surface area (Å²) in [6.45, 7) is 2.54. The minimum atomic E-state index is 0.226. The fraction of sp³-hybridized carbons (Fsp3) is 0.778. The Labute approximate surface area is 72.7 Å². The van der Waals surface area contributed by atoms with Gasteiger partial charge in [-0.3, -0.25) is 0 Å². The molecule has 0 amide bonds. The Hall–Kier alpha value is -0.380. The summed E-state index contributed by atoms with van der Waals surface area (Å²) in [4.78, 5) is 0. The fourth-order valence-corrected chi connectivity index (χ4v) is 1.80. The quantitative estimate of drug-likeness (QED) is 0.383. The molecule has 0 aromatic heterocycles. The summed E-state index contributed by atoms with van der Waals surface area (Å²) in [6, 6.07) is 1.21. The van der Waals surface area contributed by atoms with Gasteiger partial charge >= 0.3 is 0 Å². The van der Waals surface area contributed by atoms with Gasteiger partial charge < -0.3 is 14.8 Å². The molecule has 3 nitrogen and oxygen atoms in total. The minimum Gasteiger partial charge on any atom is -0.359 e. The van der Waals surface area contributed by atoms with Crippen molar-refractivity contribution in [3.8, 4) is 0 Å². The predicted octanol–water partition coefficient (Wildman–Crippen LogP) is 0.666. The molecule has 0 bridgehead atoms. The van der Waals surface area contributed by atoms with Crippen molar-refractivity contribution < 1.29 is 9.47 Å². The average molecular weight is 169 g/mol. The number of ether oxygens (including phenoxy) is 2. The highest BCUT2D eigenvalue weighted by Gasteiger charge is 2.44. The van der Waals surface area contributed by atoms with Crippen molar-refractivity contribution in [3.05, 3.63) is 11.6 Å². The van der Waals surface area contributed by atoms with Gasteiger partial charge in [-0.15, -0.1) is 0 Å². The van der Waals surface area contributed by atoms with Gasteiger partial charge in [0, 0.05) is 13.2 Å². The van der Waals surface area contributed by atoms with Crippen LogP contribution in [-0.2, 0) is 9.47 Å². The van der Waals surface area contributed by atoms with Crippen LogP contribution < -0.4 is 5.32 Å². The monoisotopic (exact) mass is 169 g/mol. The third kappa shape index (κ3) is 1.53. The Kier molecular flexibility index (Phi) is 2.17. The van der Waals surface area contributed by atoms with E-state index in [-0.39, 0.29) is 6.10 Å². The summed E-state index contributed by atoms with van der Waals surface area (Å²) in [5.41, 5.74) is 1.42. The van der Waals surface area contributed by atoms with Gasteiger partial charge in [0.25, 0.3) is 0 Å². The Morgan fingerprint density at radius 1 is 1.67 bits per heavy atom. The first-order valence-corrected chi connectivity index (χ1v) is 4.35. The molecule has 1 fully saturated rings. The molecular formula is C9H15NO2. The molecule has 0 aromatic rings. The Balaban J connectivity index is 1.91.